The lowest BCUT2D eigenvalue weighted by Gasteiger charge is -2.30. The van der Waals surface area contributed by atoms with Gasteiger partial charge in [0.05, 0.1) is 0 Å². The fraction of sp³-hybridized carbons (Fsp3) is 0.684. The van der Waals surface area contributed by atoms with Crippen molar-refractivity contribution < 1.29 is 19.7 Å². The molecule has 0 spiro atoms. The standard InChI is InChI=1S/C19H28O4/c1-2-3-4-5-14-6-8-15(9-7-14)12-19(23-22)17-13-16(20)10-11-18(17)21/h10-11,13-15,19,22H,2-9,12H2,1H3. The molecule has 0 saturated heterocycles. The Kier molecular flexibility index (Phi) is 7.18. The second-order valence-electron chi connectivity index (χ2n) is 6.91. The predicted octanol–water partition coefficient (Wildman–Crippen LogP) is 4.26. The topological polar surface area (TPSA) is 63.6 Å². The highest BCUT2D eigenvalue weighted by Gasteiger charge is 2.29. The first-order valence-corrected chi connectivity index (χ1v) is 8.92. The SMILES string of the molecule is CCCCCC1CCC(CC(OO)C2=CC(=O)C=CC2=O)CC1. The minimum Gasteiger partial charge on any atom is -0.290 e. The quantitative estimate of drug-likeness (QED) is 0.314. The van der Waals surface area contributed by atoms with E-state index in [0.717, 1.165) is 18.8 Å². The summed E-state index contributed by atoms with van der Waals surface area (Å²) in [6, 6.07) is 0. The number of unbranched alkanes of at least 4 members (excludes halogenated alkanes) is 2. The molecule has 0 aromatic heterocycles. The van der Waals surface area contributed by atoms with Gasteiger partial charge in [-0.05, 0) is 36.5 Å². The van der Waals surface area contributed by atoms with Crippen molar-refractivity contribution in [3.63, 3.8) is 0 Å². The van der Waals surface area contributed by atoms with E-state index < -0.39 is 6.10 Å². The largest absolute Gasteiger partial charge is 0.290 e. The molecule has 4 nitrogen and oxygen atoms in total. The van der Waals surface area contributed by atoms with Gasteiger partial charge in [-0.3, -0.25) is 14.8 Å². The number of hydrogen-bond acceptors (Lipinski definition) is 4. The van der Waals surface area contributed by atoms with Crippen molar-refractivity contribution in [3.05, 3.63) is 23.8 Å². The minimum absolute atomic E-state index is 0.221. The van der Waals surface area contributed by atoms with Crippen molar-refractivity contribution in [1.82, 2.24) is 0 Å². The van der Waals surface area contributed by atoms with Crippen LogP contribution in [0.25, 0.3) is 0 Å². The normalized spacial score (nSPS) is 26.3. The fourth-order valence-electron chi connectivity index (χ4n) is 3.75. The molecule has 1 unspecified atom stereocenters. The lowest BCUT2D eigenvalue weighted by Crippen LogP contribution is -2.27. The van der Waals surface area contributed by atoms with Gasteiger partial charge in [-0.15, -0.1) is 0 Å². The molecule has 0 radical (unpaired) electrons. The van der Waals surface area contributed by atoms with E-state index in [9.17, 15) is 14.8 Å². The van der Waals surface area contributed by atoms with Gasteiger partial charge in [-0.25, -0.2) is 4.89 Å². The van der Waals surface area contributed by atoms with Crippen LogP contribution >= 0.6 is 0 Å². The average Bonchev–Trinajstić information content (AvgIpc) is 2.56. The van der Waals surface area contributed by atoms with E-state index in [2.05, 4.69) is 11.8 Å². The van der Waals surface area contributed by atoms with E-state index in [1.54, 1.807) is 0 Å². The van der Waals surface area contributed by atoms with Crippen LogP contribution in [0.5, 0.6) is 0 Å². The molecule has 2 rings (SSSR count). The number of rotatable bonds is 8. The van der Waals surface area contributed by atoms with Crippen LogP contribution < -0.4 is 0 Å². The van der Waals surface area contributed by atoms with Crippen LogP contribution in [0.3, 0.4) is 0 Å². The first-order valence-electron chi connectivity index (χ1n) is 8.92. The molecular formula is C19H28O4. The summed E-state index contributed by atoms with van der Waals surface area (Å²) in [5.41, 5.74) is 0.282. The van der Waals surface area contributed by atoms with Gasteiger partial charge in [-0.1, -0.05) is 58.3 Å². The van der Waals surface area contributed by atoms with E-state index in [1.165, 1.54) is 56.8 Å². The molecule has 0 aliphatic heterocycles. The van der Waals surface area contributed by atoms with Crippen molar-refractivity contribution in [2.24, 2.45) is 11.8 Å². The van der Waals surface area contributed by atoms with Gasteiger partial charge >= 0.3 is 0 Å². The van der Waals surface area contributed by atoms with Crippen LogP contribution in [0, 0.1) is 11.8 Å². The summed E-state index contributed by atoms with van der Waals surface area (Å²) >= 11 is 0. The van der Waals surface area contributed by atoms with E-state index in [0.29, 0.717) is 12.3 Å². The van der Waals surface area contributed by atoms with Gasteiger partial charge in [0.1, 0.15) is 6.10 Å². The van der Waals surface area contributed by atoms with Crippen LogP contribution in [0.15, 0.2) is 23.8 Å². The van der Waals surface area contributed by atoms with Crippen LogP contribution in [0.1, 0.15) is 64.7 Å². The maximum Gasteiger partial charge on any atom is 0.184 e. The van der Waals surface area contributed by atoms with Gasteiger partial charge in [0, 0.05) is 5.57 Å². The van der Waals surface area contributed by atoms with Crippen LogP contribution in [0.2, 0.25) is 0 Å². The van der Waals surface area contributed by atoms with Crippen LogP contribution in [-0.2, 0) is 14.5 Å². The summed E-state index contributed by atoms with van der Waals surface area (Å²) in [4.78, 5) is 27.9. The number of allylic oxidation sites excluding steroid dienone is 3. The third-order valence-corrected chi connectivity index (χ3v) is 5.19. The van der Waals surface area contributed by atoms with Crippen molar-refractivity contribution >= 4 is 11.6 Å². The molecule has 0 aromatic rings. The molecule has 128 valence electrons. The summed E-state index contributed by atoms with van der Waals surface area (Å²) < 4.78 is 0. The van der Waals surface area contributed by atoms with Crippen molar-refractivity contribution in [2.45, 2.75) is 70.8 Å². The number of ketones is 2. The Bertz CT molecular complexity index is 470. The Labute approximate surface area is 138 Å². The molecule has 0 aromatic carbocycles. The summed E-state index contributed by atoms with van der Waals surface area (Å²) in [6.45, 7) is 2.23. The zero-order chi connectivity index (χ0) is 16.7. The Hall–Kier alpha value is -1.26. The molecule has 4 heteroatoms. The lowest BCUT2D eigenvalue weighted by atomic mass is 9.77. The van der Waals surface area contributed by atoms with Gasteiger partial charge in [0.15, 0.2) is 11.6 Å². The molecule has 0 bridgehead atoms. The molecule has 23 heavy (non-hydrogen) atoms. The first kappa shape index (κ1) is 18.1. The van der Waals surface area contributed by atoms with E-state index in [1.807, 2.05) is 0 Å². The highest BCUT2D eigenvalue weighted by atomic mass is 17.1. The van der Waals surface area contributed by atoms with E-state index >= 15 is 0 Å². The average molecular weight is 320 g/mol. The smallest absolute Gasteiger partial charge is 0.184 e. The second kappa shape index (κ2) is 9.14. The third-order valence-electron chi connectivity index (χ3n) is 5.19. The van der Waals surface area contributed by atoms with Crippen LogP contribution in [-0.4, -0.2) is 22.9 Å². The van der Waals surface area contributed by atoms with E-state index in [4.69, 9.17) is 0 Å². The highest BCUT2D eigenvalue weighted by molar-refractivity contribution is 6.17. The molecular weight excluding hydrogens is 292 g/mol. The molecule has 1 N–H and O–H groups in total. The molecule has 1 fully saturated rings. The molecule has 0 amide bonds. The molecule has 1 saturated carbocycles. The van der Waals surface area contributed by atoms with Crippen molar-refractivity contribution in [2.75, 3.05) is 0 Å². The second-order valence-corrected chi connectivity index (χ2v) is 6.91. The van der Waals surface area contributed by atoms with Gasteiger partial charge < -0.3 is 0 Å². The zero-order valence-electron chi connectivity index (χ0n) is 14.0. The molecule has 2 aliphatic carbocycles. The summed E-state index contributed by atoms with van der Waals surface area (Å²) in [6.07, 6.45) is 13.6. The summed E-state index contributed by atoms with van der Waals surface area (Å²) in [5, 5.41) is 9.18. The Morgan fingerprint density at radius 3 is 2.48 bits per heavy atom. The molecule has 0 heterocycles. The monoisotopic (exact) mass is 320 g/mol. The predicted molar refractivity (Wildman–Crippen MR) is 88.9 cm³/mol. The Morgan fingerprint density at radius 2 is 1.83 bits per heavy atom. The molecule has 2 aliphatic rings. The van der Waals surface area contributed by atoms with Crippen LogP contribution in [0.4, 0.5) is 0 Å². The van der Waals surface area contributed by atoms with Crippen molar-refractivity contribution in [1.29, 1.82) is 0 Å². The zero-order valence-corrected chi connectivity index (χ0v) is 14.0. The summed E-state index contributed by atoms with van der Waals surface area (Å²) in [5.74, 6) is 0.814. The minimum atomic E-state index is -0.682. The fourth-order valence-corrected chi connectivity index (χ4v) is 3.75. The molecule has 1 atom stereocenters. The van der Waals surface area contributed by atoms with Crippen molar-refractivity contribution in [3.8, 4) is 0 Å². The lowest BCUT2D eigenvalue weighted by molar-refractivity contribution is -0.271. The number of carbonyl (C=O) groups is 2. The van der Waals surface area contributed by atoms with E-state index in [-0.39, 0.29) is 17.1 Å². The Balaban J connectivity index is 1.82. The number of carbonyl (C=O) groups excluding carboxylic acids is 2. The first-order chi connectivity index (χ1) is 11.1. The van der Waals surface area contributed by atoms with Gasteiger partial charge in [-0.2, -0.15) is 0 Å². The number of hydrogen-bond donors (Lipinski definition) is 1. The summed E-state index contributed by atoms with van der Waals surface area (Å²) in [7, 11) is 0. The van der Waals surface area contributed by atoms with Gasteiger partial charge in [0.25, 0.3) is 0 Å². The maximum absolute atomic E-state index is 11.9. The van der Waals surface area contributed by atoms with Gasteiger partial charge in [0.2, 0.25) is 0 Å². The maximum atomic E-state index is 11.9. The third kappa shape index (κ3) is 5.40. The highest BCUT2D eigenvalue weighted by Crippen LogP contribution is 2.35. The Morgan fingerprint density at radius 1 is 1.13 bits per heavy atom.